The number of allylic oxidation sites excluding steroid dienone is 2. The van der Waals surface area contributed by atoms with Crippen molar-refractivity contribution in [2.75, 3.05) is 163 Å². The molecule has 540 valence electrons. The normalized spacial score (nSPS) is 16.5. The number of aliphatic imine (C=N–C) groups is 1. The molecule has 3 atom stereocenters. The van der Waals surface area contributed by atoms with Gasteiger partial charge in [0.05, 0.1) is 127 Å². The highest BCUT2D eigenvalue weighted by molar-refractivity contribution is 8.00. The first kappa shape index (κ1) is 78.2. The molecule has 0 spiro atoms. The lowest BCUT2D eigenvalue weighted by Crippen LogP contribution is -2.39. The Hall–Kier alpha value is -8.19. The lowest BCUT2D eigenvalue weighted by molar-refractivity contribution is -0.132. The summed E-state index contributed by atoms with van der Waals surface area (Å²) in [5.74, 6) is -1.53. The van der Waals surface area contributed by atoms with Crippen LogP contribution >= 0.6 is 11.8 Å². The molecule has 8 N–H and O–H groups in total. The van der Waals surface area contributed by atoms with Crippen LogP contribution in [0.3, 0.4) is 0 Å². The standard InChI is InChI=1S/C69H96N12O17S/c1-69(2)43-55(82)64(56(83)44-69)53(18-26-91-30-34-95-38-39-97-35-31-92-27-22-74-60(84)9-6-5-8-59-65-54(45-99-59)77-68(90)78-65)72-19-7-20-73-61(85)17-24-81(25-29-94-33-37-96-36-32-93-28-23-76-79-71)62(86)16-21-75-66(87)46-10-13-49(52(40-46)67(88)89)63-50-14-11-47(70)41-57(50)98-58-42-48(80(3)4)12-15-51(58)63/h10-15,40-42,54,59,65,70,82H,5-9,16-39,43-45H2,1-4H3,(H,73,85)(H,74,84)(H,75,87)(H,88,89)(H2,77,78,90)/t54-,59?,65-/m1/s1. The fourth-order valence-electron chi connectivity index (χ4n) is 11.6. The molecule has 6 amide bonds. The molecule has 29 nitrogen and oxygen atoms in total. The molecule has 0 aromatic heterocycles. The molecule has 5 aliphatic rings. The van der Waals surface area contributed by atoms with Crippen LogP contribution in [0.1, 0.15) is 98.8 Å². The molecule has 2 aromatic rings. The van der Waals surface area contributed by atoms with Crippen LogP contribution in [0, 0.1) is 10.8 Å². The number of benzene rings is 3. The summed E-state index contributed by atoms with van der Waals surface area (Å²) >= 11 is 1.87. The van der Waals surface area contributed by atoms with Crippen LogP contribution in [0.4, 0.5) is 10.5 Å². The van der Waals surface area contributed by atoms with Gasteiger partial charge in [0, 0.05) is 154 Å². The van der Waals surface area contributed by atoms with Gasteiger partial charge < -0.3 is 89.6 Å². The molecule has 2 aliphatic carbocycles. The summed E-state index contributed by atoms with van der Waals surface area (Å²) < 4.78 is 45.6. The van der Waals surface area contributed by atoms with Crippen molar-refractivity contribution in [3.8, 4) is 22.5 Å². The van der Waals surface area contributed by atoms with Crippen LogP contribution in [-0.2, 0) is 52.3 Å². The van der Waals surface area contributed by atoms with Crippen LogP contribution in [-0.4, -0.2) is 238 Å². The molecule has 30 heteroatoms. The second-order valence-corrected chi connectivity index (χ2v) is 26.2. The average Bonchev–Trinajstić information content (AvgIpc) is 1.33. The number of carbonyl (C=O) groups excluding carboxylic acids is 6. The van der Waals surface area contributed by atoms with E-state index in [4.69, 9.17) is 53.5 Å². The van der Waals surface area contributed by atoms with Crippen molar-refractivity contribution < 1.29 is 81.4 Å². The number of rotatable bonds is 47. The van der Waals surface area contributed by atoms with E-state index < -0.39 is 17.3 Å². The topological polar surface area (TPSA) is 389 Å². The predicted molar refractivity (Wildman–Crippen MR) is 372 cm³/mol. The van der Waals surface area contributed by atoms with Crippen LogP contribution < -0.4 is 36.8 Å². The van der Waals surface area contributed by atoms with Gasteiger partial charge in [-0.05, 0) is 72.2 Å². The maximum Gasteiger partial charge on any atom is 0.336 e. The zero-order valence-electron chi connectivity index (χ0n) is 57.2. The summed E-state index contributed by atoms with van der Waals surface area (Å²) in [7, 11) is 3.77. The van der Waals surface area contributed by atoms with Crippen LogP contribution in [0.25, 0.3) is 43.9 Å². The van der Waals surface area contributed by atoms with Gasteiger partial charge >= 0.3 is 12.0 Å². The van der Waals surface area contributed by atoms with Crippen molar-refractivity contribution >= 4 is 75.5 Å². The van der Waals surface area contributed by atoms with Gasteiger partial charge in [0.15, 0.2) is 5.78 Å². The fraction of sp³-hybridized carbons (Fsp3) is 0.580. The third-order valence-electron chi connectivity index (χ3n) is 16.6. The molecule has 0 saturated carbocycles. The van der Waals surface area contributed by atoms with Crippen LogP contribution in [0.15, 0.2) is 80.5 Å². The van der Waals surface area contributed by atoms with Crippen molar-refractivity contribution in [1.82, 2.24) is 31.5 Å². The van der Waals surface area contributed by atoms with Gasteiger partial charge in [-0.25, -0.2) is 9.59 Å². The Kier molecular flexibility index (Phi) is 32.7. The molecule has 3 heterocycles. The van der Waals surface area contributed by atoms with Gasteiger partial charge in [-0.15, -0.1) is 0 Å². The minimum Gasteiger partial charge on any atom is -0.511 e. The van der Waals surface area contributed by atoms with E-state index in [1.54, 1.807) is 24.3 Å². The number of hydrogen-bond donors (Lipinski definition) is 8. The number of ether oxygens (including phenoxy) is 7. The second-order valence-electron chi connectivity index (χ2n) is 25.0. The zero-order valence-corrected chi connectivity index (χ0v) is 58.0. The minimum absolute atomic E-state index is 0.00832. The summed E-state index contributed by atoms with van der Waals surface area (Å²) in [4.78, 5) is 102. The van der Waals surface area contributed by atoms with E-state index in [2.05, 4.69) is 36.6 Å². The average molecular weight is 1400 g/mol. The molecule has 7 rings (SSSR count). The summed E-state index contributed by atoms with van der Waals surface area (Å²) in [5.41, 5.74) is 11.3. The maximum absolute atomic E-state index is 13.8. The fourth-order valence-corrected chi connectivity index (χ4v) is 13.1. The number of aliphatic hydroxyl groups is 1. The lowest BCUT2D eigenvalue weighted by atomic mass is 9.75. The summed E-state index contributed by atoms with van der Waals surface area (Å²) in [6.07, 6.45) is 4.11. The number of Topliss-reactive ketones (excluding diaryl/α,β-unsaturated/α-hetero) is 1. The van der Waals surface area contributed by atoms with Crippen LogP contribution in [0.5, 0.6) is 0 Å². The third kappa shape index (κ3) is 25.8. The predicted octanol–water partition coefficient (Wildman–Crippen LogP) is 6.59. The number of aromatic carboxylic acids is 1. The Morgan fingerprint density at radius 2 is 1.38 bits per heavy atom. The number of anilines is 1. The molecule has 3 aliphatic heterocycles. The number of carboxylic acid groups (broad SMARTS) is 1. The molecule has 2 fully saturated rings. The van der Waals surface area contributed by atoms with Crippen molar-refractivity contribution in [2.24, 2.45) is 15.5 Å². The number of nitrogens with zero attached hydrogens (tertiary/aromatic N) is 6. The van der Waals surface area contributed by atoms with E-state index in [-0.39, 0.29) is 181 Å². The van der Waals surface area contributed by atoms with Crippen LogP contribution in [0.2, 0.25) is 0 Å². The number of fused-ring (bicyclic) bond motifs is 3. The quantitative estimate of drug-likeness (QED) is 0.00439. The van der Waals surface area contributed by atoms with Crippen molar-refractivity contribution in [1.29, 1.82) is 5.41 Å². The molecule has 99 heavy (non-hydrogen) atoms. The molecule has 2 aromatic carbocycles. The molecular formula is C69H96N12O17S. The van der Waals surface area contributed by atoms with E-state index in [0.717, 1.165) is 30.7 Å². The minimum atomic E-state index is -1.27. The number of hydrogen-bond acceptors (Lipinski definition) is 21. The Morgan fingerprint density at radius 1 is 0.717 bits per heavy atom. The summed E-state index contributed by atoms with van der Waals surface area (Å²) in [6.45, 7) is 8.88. The SMILES string of the molecule is CN(C)c1ccc2c(-c3ccc(C(=O)NCCC(=O)N(CCOCCOCCOCCN=[N+]=[N-])CCC(=O)NCCCN=C(CCOCCOCCOCCOCCNC(=O)CCCCC4SC[C@H]5NC(=O)N[C@@H]45)C4=C(O)CC(C)(C)CC4=O)cc3C(=O)O)c3ccc(=N)cc-3oc2c1. The van der Waals surface area contributed by atoms with E-state index in [1.165, 1.54) is 17.0 Å². The van der Waals surface area contributed by atoms with Crippen molar-refractivity contribution in [3.05, 3.63) is 92.9 Å². The first-order valence-electron chi connectivity index (χ1n) is 33.7. The highest BCUT2D eigenvalue weighted by Crippen LogP contribution is 2.43. The zero-order chi connectivity index (χ0) is 70.9. The monoisotopic (exact) mass is 1400 g/mol. The number of nitrogens with one attached hydrogen (secondary N) is 6. The van der Waals surface area contributed by atoms with Gasteiger partial charge in [-0.1, -0.05) is 31.4 Å². The Labute approximate surface area is 580 Å². The maximum atomic E-state index is 13.8. The third-order valence-corrected chi connectivity index (χ3v) is 18.1. The first-order valence-corrected chi connectivity index (χ1v) is 34.8. The van der Waals surface area contributed by atoms with Gasteiger partial charge in [-0.2, -0.15) is 11.8 Å². The Balaban J connectivity index is 0.821. The molecule has 2 saturated heterocycles. The second kappa shape index (κ2) is 41.4. The van der Waals surface area contributed by atoms with Gasteiger partial charge in [0.2, 0.25) is 17.7 Å². The van der Waals surface area contributed by atoms with E-state index >= 15 is 0 Å². The van der Waals surface area contributed by atoms with E-state index in [9.17, 15) is 43.8 Å². The molecular weight excluding hydrogens is 1300 g/mol. The lowest BCUT2D eigenvalue weighted by Gasteiger charge is -2.30. The molecule has 1 unspecified atom stereocenters. The van der Waals surface area contributed by atoms with E-state index in [0.29, 0.717) is 116 Å². The number of amides is 6. The van der Waals surface area contributed by atoms with Gasteiger partial charge in [-0.3, -0.25) is 29.0 Å². The number of carboxylic acids is 1. The van der Waals surface area contributed by atoms with Gasteiger partial charge in [0.25, 0.3) is 5.91 Å². The van der Waals surface area contributed by atoms with E-state index in [1.807, 2.05) is 62.8 Å². The number of carbonyl (C=O) groups is 7. The number of azide groups is 1. The number of ketones is 1. The number of unbranched alkanes of at least 4 members (excludes halogenated alkanes) is 1. The van der Waals surface area contributed by atoms with Crippen molar-refractivity contribution in [2.45, 2.75) is 95.4 Å². The summed E-state index contributed by atoms with van der Waals surface area (Å²) in [5, 5.41) is 49.0. The van der Waals surface area contributed by atoms with Gasteiger partial charge in [0.1, 0.15) is 17.1 Å². The number of urea groups is 1. The number of thioether (sulfide) groups is 1. The largest absolute Gasteiger partial charge is 0.511 e. The Morgan fingerprint density at radius 3 is 2.08 bits per heavy atom. The van der Waals surface area contributed by atoms with Crippen molar-refractivity contribution in [3.63, 3.8) is 0 Å². The highest BCUT2D eigenvalue weighted by atomic mass is 32.2. The molecule has 0 bridgehead atoms. The Bertz CT molecular complexity index is 3500. The molecule has 0 radical (unpaired) electrons. The highest BCUT2D eigenvalue weighted by Gasteiger charge is 2.42. The smallest absolute Gasteiger partial charge is 0.336 e. The first-order chi connectivity index (χ1) is 47.8. The number of aliphatic hydroxyl groups excluding tert-OH is 1. The summed E-state index contributed by atoms with van der Waals surface area (Å²) in [6, 6.07) is 15.1.